The van der Waals surface area contributed by atoms with Crippen LogP contribution in [0.1, 0.15) is 0 Å². The van der Waals surface area contributed by atoms with Crippen molar-refractivity contribution < 1.29 is 4.39 Å². The van der Waals surface area contributed by atoms with Crippen LogP contribution in [-0.4, -0.2) is 9.97 Å². The van der Waals surface area contributed by atoms with E-state index in [9.17, 15) is 4.39 Å². The number of nitrogens with zero attached hydrogens (tertiary/aromatic N) is 2. The van der Waals surface area contributed by atoms with Crippen LogP contribution in [0.25, 0.3) is 55.4 Å². The molecule has 0 aliphatic carbocycles. The van der Waals surface area contributed by atoms with Crippen LogP contribution in [0.4, 0.5) is 4.39 Å². The SMILES string of the molecule is Fc1ccc(-c2ccc(-c3ccc4cc(-c5ccc(-c6cccnc6)cc5)cnc4c3)cc2)cc1. The van der Waals surface area contributed by atoms with E-state index in [0.717, 1.165) is 55.4 Å². The Morgan fingerprint density at radius 1 is 0.457 bits per heavy atom. The molecule has 2 heterocycles. The Hall–Kier alpha value is -4.63. The number of fused-ring (bicyclic) bond motifs is 1. The third-order valence-electron chi connectivity index (χ3n) is 6.29. The third kappa shape index (κ3) is 4.32. The monoisotopic (exact) mass is 452 g/mol. The fraction of sp³-hybridized carbons (Fsp3) is 0. The van der Waals surface area contributed by atoms with E-state index < -0.39 is 0 Å². The number of hydrogen-bond donors (Lipinski definition) is 0. The summed E-state index contributed by atoms with van der Waals surface area (Å²) in [6.45, 7) is 0. The zero-order valence-corrected chi connectivity index (χ0v) is 18.9. The average molecular weight is 453 g/mol. The summed E-state index contributed by atoms with van der Waals surface area (Å²) < 4.78 is 13.2. The van der Waals surface area contributed by atoms with Crippen molar-refractivity contribution in [3.63, 3.8) is 0 Å². The van der Waals surface area contributed by atoms with E-state index in [-0.39, 0.29) is 5.82 Å². The van der Waals surface area contributed by atoms with Gasteiger partial charge in [0.2, 0.25) is 0 Å². The van der Waals surface area contributed by atoms with Crippen molar-refractivity contribution in [1.29, 1.82) is 0 Å². The highest BCUT2D eigenvalue weighted by atomic mass is 19.1. The van der Waals surface area contributed by atoms with Gasteiger partial charge in [-0.15, -0.1) is 0 Å². The first-order chi connectivity index (χ1) is 17.2. The molecule has 0 unspecified atom stereocenters. The van der Waals surface area contributed by atoms with E-state index in [1.807, 2.05) is 18.5 Å². The molecule has 0 atom stereocenters. The quantitative estimate of drug-likeness (QED) is 0.268. The smallest absolute Gasteiger partial charge is 0.123 e. The third-order valence-corrected chi connectivity index (χ3v) is 6.29. The molecule has 166 valence electrons. The summed E-state index contributed by atoms with van der Waals surface area (Å²) >= 11 is 0. The lowest BCUT2D eigenvalue weighted by Gasteiger charge is -2.08. The van der Waals surface area contributed by atoms with Gasteiger partial charge >= 0.3 is 0 Å². The van der Waals surface area contributed by atoms with Crippen LogP contribution in [0.15, 0.2) is 128 Å². The first-order valence-electron chi connectivity index (χ1n) is 11.5. The molecule has 35 heavy (non-hydrogen) atoms. The van der Waals surface area contributed by atoms with Crippen molar-refractivity contribution in [2.45, 2.75) is 0 Å². The zero-order valence-electron chi connectivity index (χ0n) is 18.9. The Labute approximate surface area is 203 Å². The van der Waals surface area contributed by atoms with Gasteiger partial charge in [0, 0.05) is 29.5 Å². The van der Waals surface area contributed by atoms with Crippen LogP contribution < -0.4 is 0 Å². The van der Waals surface area contributed by atoms with Crippen molar-refractivity contribution in [3.05, 3.63) is 134 Å². The van der Waals surface area contributed by atoms with E-state index in [2.05, 4.69) is 83.8 Å². The molecule has 0 spiro atoms. The standard InChI is InChI=1S/C32H21FN2/c33-31-15-13-23(14-16-31)22-3-5-24(6-4-22)27-11-12-28-18-30(21-35-32(28)19-27)26-9-7-25(8-10-26)29-2-1-17-34-20-29/h1-21H. The van der Waals surface area contributed by atoms with Gasteiger partial charge in [-0.1, -0.05) is 78.9 Å². The highest BCUT2D eigenvalue weighted by molar-refractivity contribution is 5.88. The Kier molecular flexibility index (Phi) is 5.36. The second kappa shape index (κ2) is 8.96. The Bertz CT molecular complexity index is 1610. The minimum absolute atomic E-state index is 0.223. The maximum atomic E-state index is 13.2. The van der Waals surface area contributed by atoms with Gasteiger partial charge in [0.15, 0.2) is 0 Å². The summed E-state index contributed by atoms with van der Waals surface area (Å²) in [6.07, 6.45) is 5.59. The molecule has 0 saturated carbocycles. The molecular formula is C32H21FN2. The van der Waals surface area contributed by atoms with Gasteiger partial charge in [0.05, 0.1) is 5.52 Å². The van der Waals surface area contributed by atoms with Crippen molar-refractivity contribution in [2.75, 3.05) is 0 Å². The molecule has 0 radical (unpaired) electrons. The second-order valence-corrected chi connectivity index (χ2v) is 8.53. The fourth-order valence-electron chi connectivity index (χ4n) is 4.34. The van der Waals surface area contributed by atoms with Gasteiger partial charge in [0.25, 0.3) is 0 Å². The summed E-state index contributed by atoms with van der Waals surface area (Å²) in [5.74, 6) is -0.223. The van der Waals surface area contributed by atoms with Crippen LogP contribution in [0.2, 0.25) is 0 Å². The lowest BCUT2D eigenvalue weighted by Crippen LogP contribution is -1.86. The lowest BCUT2D eigenvalue weighted by molar-refractivity contribution is 0.628. The number of pyridine rings is 2. The van der Waals surface area contributed by atoms with Crippen LogP contribution in [0.3, 0.4) is 0 Å². The largest absolute Gasteiger partial charge is 0.264 e. The minimum atomic E-state index is -0.223. The predicted octanol–water partition coefficient (Wildman–Crippen LogP) is 8.44. The van der Waals surface area contributed by atoms with Gasteiger partial charge < -0.3 is 0 Å². The molecule has 0 amide bonds. The summed E-state index contributed by atoms with van der Waals surface area (Å²) in [7, 11) is 0. The fourth-order valence-corrected chi connectivity index (χ4v) is 4.34. The molecule has 2 aromatic heterocycles. The molecule has 6 rings (SSSR count). The number of benzene rings is 4. The summed E-state index contributed by atoms with van der Waals surface area (Å²) in [5.41, 5.74) is 9.73. The van der Waals surface area contributed by atoms with E-state index in [1.165, 1.54) is 12.1 Å². The molecule has 2 nitrogen and oxygen atoms in total. The average Bonchev–Trinajstić information content (AvgIpc) is 2.94. The first-order valence-corrected chi connectivity index (χ1v) is 11.5. The van der Waals surface area contributed by atoms with E-state index in [4.69, 9.17) is 4.98 Å². The number of halogens is 1. The number of rotatable bonds is 4. The maximum absolute atomic E-state index is 13.2. The van der Waals surface area contributed by atoms with Gasteiger partial charge in [-0.3, -0.25) is 9.97 Å². The van der Waals surface area contributed by atoms with Crippen molar-refractivity contribution in [1.82, 2.24) is 9.97 Å². The summed E-state index contributed by atoms with van der Waals surface area (Å²) in [6, 6.07) is 36.0. The van der Waals surface area contributed by atoms with Crippen molar-refractivity contribution >= 4 is 10.9 Å². The van der Waals surface area contributed by atoms with Crippen LogP contribution in [0, 0.1) is 5.82 Å². The topological polar surface area (TPSA) is 25.8 Å². The molecular weight excluding hydrogens is 431 g/mol. The van der Waals surface area contributed by atoms with Gasteiger partial charge in [-0.05, 0) is 69.3 Å². The molecule has 3 heteroatoms. The minimum Gasteiger partial charge on any atom is -0.264 e. The Balaban J connectivity index is 1.26. The maximum Gasteiger partial charge on any atom is 0.123 e. The summed E-state index contributed by atoms with van der Waals surface area (Å²) in [5, 5.41) is 1.10. The van der Waals surface area contributed by atoms with Gasteiger partial charge in [-0.2, -0.15) is 0 Å². The van der Waals surface area contributed by atoms with Crippen molar-refractivity contribution in [3.8, 4) is 44.5 Å². The molecule has 0 aliphatic heterocycles. The van der Waals surface area contributed by atoms with Crippen LogP contribution >= 0.6 is 0 Å². The van der Waals surface area contributed by atoms with Crippen LogP contribution in [-0.2, 0) is 0 Å². The number of aromatic nitrogens is 2. The van der Waals surface area contributed by atoms with E-state index >= 15 is 0 Å². The molecule has 0 fully saturated rings. The number of hydrogen-bond acceptors (Lipinski definition) is 2. The molecule has 0 bridgehead atoms. The van der Waals surface area contributed by atoms with E-state index in [1.54, 1.807) is 18.3 Å². The summed E-state index contributed by atoms with van der Waals surface area (Å²) in [4.78, 5) is 8.96. The molecule has 0 N–H and O–H groups in total. The normalized spacial score (nSPS) is 11.0. The zero-order chi connectivity index (χ0) is 23.6. The van der Waals surface area contributed by atoms with Gasteiger partial charge in [-0.25, -0.2) is 4.39 Å². The highest BCUT2D eigenvalue weighted by Gasteiger charge is 2.06. The van der Waals surface area contributed by atoms with Crippen molar-refractivity contribution in [2.24, 2.45) is 0 Å². The molecule has 0 saturated heterocycles. The molecule has 6 aromatic rings. The predicted molar refractivity (Wildman–Crippen MR) is 141 cm³/mol. The highest BCUT2D eigenvalue weighted by Crippen LogP contribution is 2.30. The van der Waals surface area contributed by atoms with E-state index in [0.29, 0.717) is 0 Å². The second-order valence-electron chi connectivity index (χ2n) is 8.53. The Morgan fingerprint density at radius 2 is 1.00 bits per heavy atom. The van der Waals surface area contributed by atoms with Gasteiger partial charge in [0.1, 0.15) is 5.82 Å². The molecule has 0 aliphatic rings. The molecule has 4 aromatic carbocycles. The van der Waals surface area contributed by atoms with Crippen LogP contribution in [0.5, 0.6) is 0 Å². The first kappa shape index (κ1) is 20.9. The lowest BCUT2D eigenvalue weighted by atomic mass is 9.98. The Morgan fingerprint density at radius 3 is 1.63 bits per heavy atom.